The molecule has 0 fully saturated rings. The largest absolute Gasteiger partial charge is 0.299 e. The van der Waals surface area contributed by atoms with Crippen LogP contribution in [0, 0.1) is 20.2 Å². The molecule has 0 radical (unpaired) electrons. The van der Waals surface area contributed by atoms with Gasteiger partial charge in [-0.05, 0) is 6.07 Å². The van der Waals surface area contributed by atoms with E-state index >= 15 is 0 Å². The van der Waals surface area contributed by atoms with Crippen molar-refractivity contribution in [1.29, 1.82) is 0 Å². The third-order valence-electron chi connectivity index (χ3n) is 2.26. The molecule has 1 rings (SSSR count). The average molecular weight is 238 g/mol. The highest BCUT2D eigenvalue weighted by molar-refractivity contribution is 5.81. The summed E-state index contributed by atoms with van der Waals surface area (Å²) >= 11 is 0. The van der Waals surface area contributed by atoms with Gasteiger partial charge in [0, 0.05) is 24.5 Å². The molecule has 0 aromatic heterocycles. The van der Waals surface area contributed by atoms with E-state index in [1.165, 1.54) is 6.07 Å². The Labute approximate surface area is 96.4 Å². The molecule has 0 bridgehead atoms. The third-order valence-corrected chi connectivity index (χ3v) is 2.26. The third kappa shape index (κ3) is 3.07. The van der Waals surface area contributed by atoms with E-state index in [9.17, 15) is 25.0 Å². The second-order valence-electron chi connectivity index (χ2n) is 3.40. The second-order valence-corrected chi connectivity index (χ2v) is 3.40. The van der Waals surface area contributed by atoms with Gasteiger partial charge in [0.15, 0.2) is 0 Å². The van der Waals surface area contributed by atoms with E-state index in [2.05, 4.69) is 0 Å². The van der Waals surface area contributed by atoms with Gasteiger partial charge in [0.25, 0.3) is 11.4 Å². The Balaban J connectivity index is 3.17. The van der Waals surface area contributed by atoms with Gasteiger partial charge in [-0.25, -0.2) is 0 Å². The zero-order valence-corrected chi connectivity index (χ0v) is 9.08. The van der Waals surface area contributed by atoms with Crippen molar-refractivity contribution in [3.05, 3.63) is 44.0 Å². The fourth-order valence-corrected chi connectivity index (χ4v) is 1.32. The van der Waals surface area contributed by atoms with Crippen LogP contribution >= 0.6 is 0 Å². The lowest BCUT2D eigenvalue weighted by atomic mass is 10.1. The van der Waals surface area contributed by atoms with Gasteiger partial charge < -0.3 is 0 Å². The topological polar surface area (TPSA) is 103 Å². The fraction of sp³-hybridized carbons (Fsp3) is 0.300. The van der Waals surface area contributed by atoms with Crippen molar-refractivity contribution in [3.63, 3.8) is 0 Å². The summed E-state index contributed by atoms with van der Waals surface area (Å²) in [5.74, 6) is -0.151. The number of carbonyl (C=O) groups is 1. The van der Waals surface area contributed by atoms with E-state index < -0.39 is 9.85 Å². The summed E-state index contributed by atoms with van der Waals surface area (Å²) in [6, 6.07) is 3.29. The summed E-state index contributed by atoms with van der Waals surface area (Å²) in [4.78, 5) is 31.0. The molecule has 0 atom stereocenters. The summed E-state index contributed by atoms with van der Waals surface area (Å²) in [5, 5.41) is 21.2. The van der Waals surface area contributed by atoms with Gasteiger partial charge >= 0.3 is 0 Å². The van der Waals surface area contributed by atoms with E-state index in [1.54, 1.807) is 6.92 Å². The lowest BCUT2D eigenvalue weighted by Gasteiger charge is -2.01. The number of hydrogen-bond acceptors (Lipinski definition) is 5. The van der Waals surface area contributed by atoms with Crippen LogP contribution in [0.25, 0.3) is 0 Å². The molecule has 90 valence electrons. The molecule has 7 nitrogen and oxygen atoms in total. The molecule has 1 aromatic rings. The van der Waals surface area contributed by atoms with Gasteiger partial charge in [-0.3, -0.25) is 25.0 Å². The molecule has 0 saturated carbocycles. The molecule has 0 aliphatic rings. The van der Waals surface area contributed by atoms with E-state index in [0.29, 0.717) is 0 Å². The Morgan fingerprint density at radius 3 is 2.35 bits per heavy atom. The molecule has 7 heteroatoms. The number of benzene rings is 1. The van der Waals surface area contributed by atoms with Gasteiger partial charge in [0.05, 0.1) is 15.9 Å². The van der Waals surface area contributed by atoms with Gasteiger partial charge in [-0.2, -0.15) is 0 Å². The standard InChI is InChI=1S/C10H10N2O5/c1-2-9(13)5-7-3-4-8(11(14)15)6-10(7)12(16)17/h3-4,6H,2,5H2,1H3. The number of Topliss-reactive ketones (excluding diaryl/α,β-unsaturated/α-hetero) is 1. The van der Waals surface area contributed by atoms with Crippen LogP contribution < -0.4 is 0 Å². The SMILES string of the molecule is CCC(=O)Cc1ccc([N+](=O)[O-])cc1[N+](=O)[O-]. The molecule has 0 N–H and O–H groups in total. The molecule has 17 heavy (non-hydrogen) atoms. The van der Waals surface area contributed by atoms with Crippen LogP contribution in [0.15, 0.2) is 18.2 Å². The quantitative estimate of drug-likeness (QED) is 0.576. The fourth-order valence-electron chi connectivity index (χ4n) is 1.32. The summed E-state index contributed by atoms with van der Waals surface area (Å²) in [7, 11) is 0. The van der Waals surface area contributed by atoms with Crippen molar-refractivity contribution in [1.82, 2.24) is 0 Å². The van der Waals surface area contributed by atoms with Crippen LogP contribution in [0.2, 0.25) is 0 Å². The van der Waals surface area contributed by atoms with Gasteiger partial charge in [0.1, 0.15) is 5.78 Å². The minimum atomic E-state index is -0.717. The molecule has 0 aliphatic carbocycles. The van der Waals surface area contributed by atoms with Crippen molar-refractivity contribution in [2.75, 3.05) is 0 Å². The predicted octanol–water partition coefficient (Wildman–Crippen LogP) is 2.02. The molecule has 0 aliphatic heterocycles. The lowest BCUT2D eigenvalue weighted by Crippen LogP contribution is -2.04. The second kappa shape index (κ2) is 5.15. The molecule has 0 saturated heterocycles. The number of nitro benzene ring substituents is 2. The molecular weight excluding hydrogens is 228 g/mol. The number of rotatable bonds is 5. The summed E-state index contributed by atoms with van der Waals surface area (Å²) in [5.41, 5.74) is -0.544. The molecule has 1 aromatic carbocycles. The van der Waals surface area contributed by atoms with E-state index in [-0.39, 0.29) is 35.6 Å². The molecule has 0 heterocycles. The van der Waals surface area contributed by atoms with E-state index in [1.807, 2.05) is 0 Å². The van der Waals surface area contributed by atoms with Crippen molar-refractivity contribution in [2.24, 2.45) is 0 Å². The maximum absolute atomic E-state index is 11.2. The Morgan fingerprint density at radius 2 is 1.88 bits per heavy atom. The number of nitrogens with zero attached hydrogens (tertiary/aromatic N) is 2. The van der Waals surface area contributed by atoms with Gasteiger partial charge in [0.2, 0.25) is 0 Å². The normalized spacial score (nSPS) is 9.94. The zero-order valence-electron chi connectivity index (χ0n) is 9.08. The van der Waals surface area contributed by atoms with E-state index in [4.69, 9.17) is 0 Å². The number of hydrogen-bond donors (Lipinski definition) is 0. The first kappa shape index (κ1) is 12.8. The van der Waals surface area contributed by atoms with Crippen LogP contribution in [0.5, 0.6) is 0 Å². The first-order valence-electron chi connectivity index (χ1n) is 4.89. The number of non-ortho nitro benzene ring substituents is 1. The van der Waals surface area contributed by atoms with Crippen LogP contribution in [-0.4, -0.2) is 15.6 Å². The smallest absolute Gasteiger partial charge is 0.279 e. The Kier molecular flexibility index (Phi) is 3.86. The highest BCUT2D eigenvalue weighted by atomic mass is 16.6. The lowest BCUT2D eigenvalue weighted by molar-refractivity contribution is -0.394. The average Bonchev–Trinajstić information content (AvgIpc) is 2.28. The zero-order chi connectivity index (χ0) is 13.0. The Bertz CT molecular complexity index is 484. The van der Waals surface area contributed by atoms with Gasteiger partial charge in [-0.15, -0.1) is 0 Å². The first-order valence-corrected chi connectivity index (χ1v) is 4.89. The van der Waals surface area contributed by atoms with Crippen LogP contribution in [0.4, 0.5) is 11.4 Å². The predicted molar refractivity (Wildman–Crippen MR) is 58.8 cm³/mol. The highest BCUT2D eigenvalue weighted by Crippen LogP contribution is 2.25. The Hall–Kier alpha value is -2.31. The summed E-state index contributed by atoms with van der Waals surface area (Å²) in [6.07, 6.45) is 0.193. The maximum Gasteiger partial charge on any atom is 0.279 e. The van der Waals surface area contributed by atoms with Crippen molar-refractivity contribution in [2.45, 2.75) is 19.8 Å². The molecule has 0 unspecified atom stereocenters. The number of carbonyl (C=O) groups excluding carboxylic acids is 1. The minimum absolute atomic E-state index is 0.0786. The monoisotopic (exact) mass is 238 g/mol. The van der Waals surface area contributed by atoms with Crippen LogP contribution in [0.3, 0.4) is 0 Å². The van der Waals surface area contributed by atoms with Crippen molar-refractivity contribution >= 4 is 17.2 Å². The van der Waals surface area contributed by atoms with Crippen LogP contribution in [-0.2, 0) is 11.2 Å². The highest BCUT2D eigenvalue weighted by Gasteiger charge is 2.20. The summed E-state index contributed by atoms with van der Waals surface area (Å²) < 4.78 is 0. The Morgan fingerprint density at radius 1 is 1.24 bits per heavy atom. The maximum atomic E-state index is 11.2. The van der Waals surface area contributed by atoms with E-state index in [0.717, 1.165) is 12.1 Å². The van der Waals surface area contributed by atoms with Crippen molar-refractivity contribution in [3.8, 4) is 0 Å². The number of nitro groups is 2. The number of ketones is 1. The summed E-state index contributed by atoms with van der Waals surface area (Å²) in [6.45, 7) is 1.65. The minimum Gasteiger partial charge on any atom is -0.299 e. The molecule has 0 amide bonds. The first-order chi connectivity index (χ1) is 7.95. The van der Waals surface area contributed by atoms with Crippen LogP contribution in [0.1, 0.15) is 18.9 Å². The van der Waals surface area contributed by atoms with Gasteiger partial charge in [-0.1, -0.05) is 6.92 Å². The molecule has 0 spiro atoms. The van der Waals surface area contributed by atoms with Crippen molar-refractivity contribution < 1.29 is 14.6 Å². The molecular formula is C10H10N2O5.